The van der Waals surface area contributed by atoms with Crippen LogP contribution in [-0.2, 0) is 9.47 Å². The lowest BCUT2D eigenvalue weighted by Crippen LogP contribution is -2.56. The van der Waals surface area contributed by atoms with E-state index >= 15 is 0 Å². The van der Waals surface area contributed by atoms with E-state index in [0.717, 1.165) is 6.42 Å². The molecular formula is C13H26O4. The molecule has 0 aromatic rings. The number of hydrogen-bond donors (Lipinski definition) is 2. The minimum Gasteiger partial charge on any atom is -0.390 e. The van der Waals surface area contributed by atoms with Crippen LogP contribution in [-0.4, -0.2) is 41.9 Å². The third-order valence-corrected chi connectivity index (χ3v) is 3.45. The average Bonchev–Trinajstić information content (AvgIpc) is 2.23. The van der Waals surface area contributed by atoms with Gasteiger partial charge in [-0.2, -0.15) is 0 Å². The summed E-state index contributed by atoms with van der Waals surface area (Å²) in [5.41, 5.74) is 0. The maximum absolute atomic E-state index is 10.2. The molecule has 17 heavy (non-hydrogen) atoms. The largest absolute Gasteiger partial charge is 0.390 e. The summed E-state index contributed by atoms with van der Waals surface area (Å²) in [6.07, 6.45) is -1.65. The lowest BCUT2D eigenvalue weighted by Gasteiger charge is -2.44. The number of methoxy groups -OCH3 is 1. The van der Waals surface area contributed by atoms with Gasteiger partial charge in [0.15, 0.2) is 6.29 Å². The first-order chi connectivity index (χ1) is 7.88. The molecule has 1 heterocycles. The minimum absolute atomic E-state index is 0.182. The van der Waals surface area contributed by atoms with Crippen molar-refractivity contribution >= 4 is 0 Å². The molecule has 0 spiro atoms. The Balaban J connectivity index is 2.78. The van der Waals surface area contributed by atoms with Gasteiger partial charge in [-0.25, -0.2) is 0 Å². The summed E-state index contributed by atoms with van der Waals surface area (Å²) in [7, 11) is 1.58. The van der Waals surface area contributed by atoms with Crippen molar-refractivity contribution in [3.05, 3.63) is 0 Å². The highest BCUT2D eigenvalue weighted by Crippen LogP contribution is 2.33. The zero-order chi connectivity index (χ0) is 13.2. The monoisotopic (exact) mass is 246 g/mol. The summed E-state index contributed by atoms with van der Waals surface area (Å²) in [6.45, 7) is 8.13. The van der Waals surface area contributed by atoms with Crippen molar-refractivity contribution < 1.29 is 19.7 Å². The van der Waals surface area contributed by atoms with E-state index in [1.54, 1.807) is 7.11 Å². The van der Waals surface area contributed by atoms with E-state index in [4.69, 9.17) is 9.47 Å². The Kier molecular flexibility index (Phi) is 5.38. The van der Waals surface area contributed by atoms with Crippen LogP contribution in [0.5, 0.6) is 0 Å². The smallest absolute Gasteiger partial charge is 0.163 e. The van der Waals surface area contributed by atoms with E-state index < -0.39 is 18.5 Å². The topological polar surface area (TPSA) is 58.9 Å². The molecule has 5 atom stereocenters. The van der Waals surface area contributed by atoms with Gasteiger partial charge in [-0.15, -0.1) is 0 Å². The first-order valence-electron chi connectivity index (χ1n) is 6.42. The fourth-order valence-corrected chi connectivity index (χ4v) is 2.53. The van der Waals surface area contributed by atoms with Gasteiger partial charge in [0.2, 0.25) is 0 Å². The molecule has 1 rings (SSSR count). The van der Waals surface area contributed by atoms with Gasteiger partial charge in [0, 0.05) is 13.0 Å². The first-order valence-corrected chi connectivity index (χ1v) is 6.42. The van der Waals surface area contributed by atoms with Gasteiger partial charge in [-0.1, -0.05) is 27.7 Å². The number of hydrogen-bond acceptors (Lipinski definition) is 4. The molecule has 4 heteroatoms. The molecule has 0 amide bonds. The van der Waals surface area contributed by atoms with Crippen LogP contribution < -0.4 is 0 Å². The zero-order valence-electron chi connectivity index (χ0n) is 11.5. The third-order valence-electron chi connectivity index (χ3n) is 3.45. The van der Waals surface area contributed by atoms with Crippen LogP contribution in [0.2, 0.25) is 0 Å². The summed E-state index contributed by atoms with van der Waals surface area (Å²) in [6, 6.07) is 0. The van der Waals surface area contributed by atoms with Crippen LogP contribution >= 0.6 is 0 Å². The Morgan fingerprint density at radius 2 is 1.71 bits per heavy atom. The SMILES string of the molecule is CO[C@H]1O[C@H](CC(C)C)[C@H](O)[C@H](O)[C@H]1C(C)C. The second-order valence-electron chi connectivity index (χ2n) is 5.71. The van der Waals surface area contributed by atoms with E-state index in [9.17, 15) is 10.2 Å². The Labute approximate surface area is 104 Å². The molecule has 1 fully saturated rings. The highest BCUT2D eigenvalue weighted by Gasteiger charge is 2.45. The Morgan fingerprint density at radius 1 is 1.12 bits per heavy atom. The summed E-state index contributed by atoms with van der Waals surface area (Å²) in [5, 5.41) is 20.3. The second kappa shape index (κ2) is 6.14. The molecule has 0 saturated carbocycles. The van der Waals surface area contributed by atoms with E-state index in [1.807, 2.05) is 13.8 Å². The van der Waals surface area contributed by atoms with Crippen LogP contribution in [0.15, 0.2) is 0 Å². The normalized spacial score (nSPS) is 39.0. The first kappa shape index (κ1) is 14.9. The Morgan fingerprint density at radius 3 is 2.12 bits per heavy atom. The summed E-state index contributed by atoms with van der Waals surface area (Å²) < 4.78 is 11.1. The molecule has 1 aliphatic rings. The van der Waals surface area contributed by atoms with Crippen LogP contribution in [0, 0.1) is 17.8 Å². The van der Waals surface area contributed by atoms with E-state index in [2.05, 4.69) is 13.8 Å². The van der Waals surface area contributed by atoms with E-state index in [0.29, 0.717) is 5.92 Å². The molecular weight excluding hydrogens is 220 g/mol. The average molecular weight is 246 g/mol. The van der Waals surface area contributed by atoms with Gasteiger partial charge in [0.1, 0.15) is 6.10 Å². The summed E-state index contributed by atoms with van der Waals surface area (Å²) >= 11 is 0. The minimum atomic E-state index is -0.823. The molecule has 2 N–H and O–H groups in total. The maximum Gasteiger partial charge on any atom is 0.163 e. The van der Waals surface area contributed by atoms with Crippen molar-refractivity contribution in [2.45, 2.75) is 58.7 Å². The Bertz CT molecular complexity index is 225. The summed E-state index contributed by atoms with van der Waals surface area (Å²) in [4.78, 5) is 0. The van der Waals surface area contributed by atoms with Gasteiger partial charge >= 0.3 is 0 Å². The third kappa shape index (κ3) is 3.41. The van der Waals surface area contributed by atoms with Crippen molar-refractivity contribution in [1.82, 2.24) is 0 Å². The standard InChI is InChI=1S/C13H26O4/c1-7(2)6-9-11(14)12(15)10(8(3)4)13(16-5)17-9/h7-15H,6H2,1-5H3/t9-,10-,11+,12-,13+/m1/s1. The van der Waals surface area contributed by atoms with Crippen LogP contribution in [0.1, 0.15) is 34.1 Å². The lowest BCUT2D eigenvalue weighted by molar-refractivity contribution is -0.282. The predicted molar refractivity (Wildman–Crippen MR) is 65.5 cm³/mol. The predicted octanol–water partition coefficient (Wildman–Crippen LogP) is 1.40. The molecule has 1 saturated heterocycles. The molecule has 0 bridgehead atoms. The molecule has 0 aromatic heterocycles. The molecule has 0 radical (unpaired) electrons. The second-order valence-corrected chi connectivity index (χ2v) is 5.71. The van der Waals surface area contributed by atoms with Crippen LogP contribution in [0.25, 0.3) is 0 Å². The van der Waals surface area contributed by atoms with Crippen LogP contribution in [0.4, 0.5) is 0 Å². The molecule has 102 valence electrons. The molecule has 0 aliphatic carbocycles. The highest BCUT2D eigenvalue weighted by molar-refractivity contribution is 4.90. The molecule has 4 nitrogen and oxygen atoms in total. The number of aliphatic hydroxyl groups is 2. The van der Waals surface area contributed by atoms with Gasteiger partial charge in [-0.05, 0) is 18.3 Å². The van der Waals surface area contributed by atoms with Gasteiger partial charge in [-0.3, -0.25) is 0 Å². The molecule has 0 unspecified atom stereocenters. The maximum atomic E-state index is 10.2. The summed E-state index contributed by atoms with van der Waals surface area (Å²) in [5.74, 6) is 0.429. The van der Waals surface area contributed by atoms with E-state index in [1.165, 1.54) is 0 Å². The number of rotatable bonds is 4. The van der Waals surface area contributed by atoms with Gasteiger partial charge in [0.25, 0.3) is 0 Å². The van der Waals surface area contributed by atoms with Crippen molar-refractivity contribution in [3.63, 3.8) is 0 Å². The van der Waals surface area contributed by atoms with E-state index in [-0.39, 0.29) is 17.9 Å². The highest BCUT2D eigenvalue weighted by atomic mass is 16.7. The fraction of sp³-hybridized carbons (Fsp3) is 1.00. The van der Waals surface area contributed by atoms with Crippen LogP contribution in [0.3, 0.4) is 0 Å². The van der Waals surface area contributed by atoms with Crippen molar-refractivity contribution in [2.24, 2.45) is 17.8 Å². The fourth-order valence-electron chi connectivity index (χ4n) is 2.53. The number of aliphatic hydroxyl groups excluding tert-OH is 2. The quantitative estimate of drug-likeness (QED) is 0.787. The molecule has 1 aliphatic heterocycles. The van der Waals surface area contributed by atoms with Gasteiger partial charge in [0.05, 0.1) is 12.2 Å². The Hall–Kier alpha value is -0.160. The van der Waals surface area contributed by atoms with Crippen molar-refractivity contribution in [3.8, 4) is 0 Å². The van der Waals surface area contributed by atoms with Gasteiger partial charge < -0.3 is 19.7 Å². The zero-order valence-corrected chi connectivity index (χ0v) is 11.5. The number of ether oxygens (including phenoxy) is 2. The van der Waals surface area contributed by atoms with Crippen molar-refractivity contribution in [1.29, 1.82) is 0 Å². The molecule has 0 aromatic carbocycles. The lowest BCUT2D eigenvalue weighted by atomic mass is 9.81. The van der Waals surface area contributed by atoms with Crippen molar-refractivity contribution in [2.75, 3.05) is 7.11 Å².